The van der Waals surface area contributed by atoms with Gasteiger partial charge in [-0.2, -0.15) is 0 Å². The molecule has 2 aliphatic rings. The Morgan fingerprint density at radius 2 is 1.86 bits per heavy atom. The number of amides is 4. The van der Waals surface area contributed by atoms with Gasteiger partial charge >= 0.3 is 6.03 Å². The van der Waals surface area contributed by atoms with E-state index in [1.54, 1.807) is 44.6 Å². The molecule has 190 valence electrons. The molecule has 2 aromatic carbocycles. The molecule has 2 heterocycles. The fraction of sp³-hybridized carbons (Fsp3) is 0.370. The molecule has 0 radical (unpaired) electrons. The molecule has 2 aliphatic heterocycles. The zero-order valence-electron chi connectivity index (χ0n) is 21.5. The molecule has 0 aromatic heterocycles. The largest absolute Gasteiger partial charge is 0.497 e. The second-order valence-corrected chi connectivity index (χ2v) is 9.79. The Hall–Kier alpha value is -4.01. The van der Waals surface area contributed by atoms with Crippen LogP contribution in [0, 0.1) is 0 Å². The average Bonchev–Trinajstić information content (AvgIpc) is 3.10. The predicted octanol–water partition coefficient (Wildman–Crippen LogP) is 3.96. The first kappa shape index (κ1) is 25.1. The van der Waals surface area contributed by atoms with Crippen LogP contribution < -0.4 is 25.0 Å². The molecule has 9 nitrogen and oxygen atoms in total. The zero-order valence-corrected chi connectivity index (χ0v) is 21.5. The Bertz CT molecular complexity index is 1240. The van der Waals surface area contributed by atoms with Gasteiger partial charge in [0.15, 0.2) is 0 Å². The molecule has 36 heavy (non-hydrogen) atoms. The van der Waals surface area contributed by atoms with Crippen molar-refractivity contribution in [1.82, 2.24) is 10.2 Å². The number of benzene rings is 2. The highest BCUT2D eigenvalue weighted by atomic mass is 16.5. The minimum atomic E-state index is -0.650. The molecule has 1 fully saturated rings. The van der Waals surface area contributed by atoms with Crippen LogP contribution in [0.1, 0.15) is 44.2 Å². The van der Waals surface area contributed by atoms with Crippen LogP contribution in [0.15, 0.2) is 42.1 Å². The van der Waals surface area contributed by atoms with Crippen LogP contribution in [0.4, 0.5) is 16.2 Å². The van der Waals surface area contributed by atoms with E-state index in [-0.39, 0.29) is 11.2 Å². The number of carbonyl (C=O) groups is 3. The third kappa shape index (κ3) is 4.73. The summed E-state index contributed by atoms with van der Waals surface area (Å²) in [5, 5.41) is 5.27. The summed E-state index contributed by atoms with van der Waals surface area (Å²) < 4.78 is 10.7. The normalized spacial score (nSPS) is 19.7. The highest BCUT2D eigenvalue weighted by molar-refractivity contribution is 6.16. The lowest BCUT2D eigenvalue weighted by Gasteiger charge is -2.45. The van der Waals surface area contributed by atoms with Crippen molar-refractivity contribution in [3.8, 4) is 11.5 Å². The number of urea groups is 1. The number of imide groups is 1. The number of hydrogen-bond acceptors (Lipinski definition) is 6. The first-order valence-electron chi connectivity index (χ1n) is 11.8. The van der Waals surface area contributed by atoms with E-state index in [9.17, 15) is 14.4 Å². The Balaban J connectivity index is 1.54. The van der Waals surface area contributed by atoms with Crippen molar-refractivity contribution >= 4 is 35.3 Å². The van der Waals surface area contributed by atoms with Gasteiger partial charge in [-0.1, -0.05) is 6.92 Å². The highest BCUT2D eigenvalue weighted by Crippen LogP contribution is 2.45. The fourth-order valence-electron chi connectivity index (χ4n) is 4.79. The maximum Gasteiger partial charge on any atom is 0.329 e. The number of nitrogens with one attached hydrogen (secondary N) is 2. The van der Waals surface area contributed by atoms with E-state index in [1.165, 1.54) is 0 Å². The van der Waals surface area contributed by atoms with E-state index in [2.05, 4.69) is 43.4 Å². The summed E-state index contributed by atoms with van der Waals surface area (Å²) in [4.78, 5) is 41.2. The highest BCUT2D eigenvalue weighted by Gasteiger charge is 2.37. The number of nitrogens with zero attached hydrogens (tertiary/aromatic N) is 2. The second-order valence-electron chi connectivity index (χ2n) is 9.79. The predicted molar refractivity (Wildman–Crippen MR) is 138 cm³/mol. The Morgan fingerprint density at radius 1 is 1.17 bits per heavy atom. The monoisotopic (exact) mass is 492 g/mol. The molecule has 1 saturated heterocycles. The van der Waals surface area contributed by atoms with Crippen molar-refractivity contribution < 1.29 is 23.9 Å². The van der Waals surface area contributed by atoms with E-state index in [4.69, 9.17) is 9.47 Å². The minimum Gasteiger partial charge on any atom is -0.497 e. The van der Waals surface area contributed by atoms with Crippen LogP contribution in [-0.4, -0.2) is 56.1 Å². The van der Waals surface area contributed by atoms with Crippen molar-refractivity contribution in [2.75, 3.05) is 38.0 Å². The second kappa shape index (κ2) is 9.56. The van der Waals surface area contributed by atoms with Gasteiger partial charge in [0.1, 0.15) is 23.7 Å². The van der Waals surface area contributed by atoms with Crippen molar-refractivity contribution in [3.63, 3.8) is 0 Å². The van der Waals surface area contributed by atoms with Crippen LogP contribution in [0.3, 0.4) is 0 Å². The van der Waals surface area contributed by atoms with Crippen LogP contribution in [0.25, 0.3) is 6.08 Å². The van der Waals surface area contributed by atoms with Crippen molar-refractivity contribution in [1.29, 1.82) is 0 Å². The van der Waals surface area contributed by atoms with Gasteiger partial charge in [0.25, 0.3) is 5.91 Å². The number of carbonyl (C=O) groups excluding carboxylic acids is 3. The van der Waals surface area contributed by atoms with Crippen molar-refractivity contribution in [2.45, 2.75) is 38.6 Å². The van der Waals surface area contributed by atoms with E-state index in [0.717, 1.165) is 22.6 Å². The summed E-state index contributed by atoms with van der Waals surface area (Å²) in [6.07, 6.45) is 2.58. The summed E-state index contributed by atoms with van der Waals surface area (Å²) >= 11 is 0. The molecule has 2 aromatic rings. The van der Waals surface area contributed by atoms with E-state index in [0.29, 0.717) is 28.7 Å². The first-order valence-corrected chi connectivity index (χ1v) is 11.8. The molecule has 0 aliphatic carbocycles. The molecule has 4 amide bonds. The molecule has 9 heteroatoms. The van der Waals surface area contributed by atoms with Gasteiger partial charge in [0, 0.05) is 35.6 Å². The number of ether oxygens (including phenoxy) is 2. The molecule has 4 rings (SSSR count). The van der Waals surface area contributed by atoms with Crippen molar-refractivity contribution in [2.24, 2.45) is 0 Å². The lowest BCUT2D eigenvalue weighted by Crippen LogP contribution is -2.45. The van der Waals surface area contributed by atoms with Crippen molar-refractivity contribution in [3.05, 3.63) is 53.2 Å². The molecule has 1 unspecified atom stereocenters. The van der Waals surface area contributed by atoms with Crippen LogP contribution in [0.5, 0.6) is 11.5 Å². The van der Waals surface area contributed by atoms with Crippen LogP contribution >= 0.6 is 0 Å². The molecule has 0 bridgehead atoms. The number of hydrogen-bond donors (Lipinski definition) is 2. The lowest BCUT2D eigenvalue weighted by molar-refractivity contribution is -0.127. The Morgan fingerprint density at radius 3 is 2.50 bits per heavy atom. The molecular formula is C27H32N4O5. The molecular weight excluding hydrogens is 460 g/mol. The Kier molecular flexibility index (Phi) is 6.67. The number of anilines is 2. The molecule has 1 atom stereocenters. The van der Waals surface area contributed by atoms with Gasteiger partial charge in [-0.15, -0.1) is 0 Å². The summed E-state index contributed by atoms with van der Waals surface area (Å²) in [6, 6.07) is 10.1. The number of fused-ring (bicyclic) bond motifs is 1. The number of rotatable bonds is 6. The smallest absolute Gasteiger partial charge is 0.329 e. The van der Waals surface area contributed by atoms with E-state index in [1.807, 2.05) is 12.1 Å². The molecule has 2 N–H and O–H groups in total. The molecule has 0 saturated carbocycles. The summed E-state index contributed by atoms with van der Waals surface area (Å²) in [5.74, 6) is 0.489. The number of methoxy groups -OCH3 is 2. The maximum atomic E-state index is 13.0. The van der Waals surface area contributed by atoms with Gasteiger partial charge in [-0.3, -0.25) is 9.59 Å². The topological polar surface area (TPSA) is 100 Å². The van der Waals surface area contributed by atoms with Gasteiger partial charge < -0.3 is 25.0 Å². The van der Waals surface area contributed by atoms with Gasteiger partial charge in [0.05, 0.1) is 14.2 Å². The third-order valence-electron chi connectivity index (χ3n) is 6.92. The average molecular weight is 493 g/mol. The van der Waals surface area contributed by atoms with Gasteiger partial charge in [-0.25, -0.2) is 9.69 Å². The minimum absolute atomic E-state index is 0.000303. The van der Waals surface area contributed by atoms with Crippen LogP contribution in [0.2, 0.25) is 0 Å². The summed E-state index contributed by atoms with van der Waals surface area (Å²) in [6.45, 7) is 6.19. The summed E-state index contributed by atoms with van der Waals surface area (Å²) in [7, 11) is 5.19. The quantitative estimate of drug-likeness (QED) is 0.468. The van der Waals surface area contributed by atoms with E-state index >= 15 is 0 Å². The summed E-state index contributed by atoms with van der Waals surface area (Å²) in [5.41, 5.74) is 3.54. The van der Waals surface area contributed by atoms with Gasteiger partial charge in [-0.05, 0) is 68.2 Å². The molecule has 0 spiro atoms. The zero-order chi connectivity index (χ0) is 26.2. The lowest BCUT2D eigenvalue weighted by atomic mass is 9.80. The first-order chi connectivity index (χ1) is 17.0. The Labute approximate surface area is 211 Å². The van der Waals surface area contributed by atoms with Crippen LogP contribution in [-0.2, 0) is 9.59 Å². The SMILES string of the molecule is COc1ccc(NC(=O)CN2C(=O)N/C(=C/c3cc4c(cc3OC)N(C)C(C)(C)CC4C)C2=O)cc1. The fourth-order valence-corrected chi connectivity index (χ4v) is 4.79. The maximum absolute atomic E-state index is 13.0. The third-order valence-corrected chi connectivity index (χ3v) is 6.92. The van der Waals surface area contributed by atoms with Gasteiger partial charge in [0.2, 0.25) is 5.91 Å². The van der Waals surface area contributed by atoms with E-state index < -0.39 is 24.4 Å². The standard InChI is InChI=1S/C27H32N4O5/c1-16-14-27(2,3)30(4)22-13-23(36-6)17(11-20(16)22)12-21-25(33)31(26(34)29-21)15-24(32)28-18-7-9-19(35-5)10-8-18/h7-13,16H,14-15H2,1-6H3,(H,28,32)(H,29,34)/b21-12+.